The minimum Gasteiger partial charge on any atom is -0.322 e. The highest BCUT2D eigenvalue weighted by molar-refractivity contribution is 6.08. The highest BCUT2D eigenvalue weighted by Crippen LogP contribution is 2.22. The average Bonchev–Trinajstić information content (AvgIpc) is 3.13. The topological polar surface area (TPSA) is 79.3 Å². The number of hydrogen-bond donors (Lipinski definition) is 2. The fourth-order valence-corrected chi connectivity index (χ4v) is 3.02. The zero-order chi connectivity index (χ0) is 18.8. The standard InChI is InChI=1S/C21H18N4O2/c1-14(15-8-4-2-5-9-15)18-12-19(26)25-20(24-18)17(13-22-25)21(27)23-16-10-6-3-7-11-16/h2-14,22H,1H3,(H,23,27). The second-order valence-electron chi connectivity index (χ2n) is 6.32. The molecule has 6 nitrogen and oxygen atoms in total. The van der Waals surface area contributed by atoms with E-state index in [0.29, 0.717) is 22.6 Å². The molecule has 0 saturated carbocycles. The zero-order valence-corrected chi connectivity index (χ0v) is 14.7. The third-order valence-electron chi connectivity index (χ3n) is 4.54. The Labute approximate surface area is 155 Å². The van der Waals surface area contributed by atoms with Gasteiger partial charge in [0, 0.05) is 23.9 Å². The van der Waals surface area contributed by atoms with Gasteiger partial charge >= 0.3 is 0 Å². The van der Waals surface area contributed by atoms with Crippen molar-refractivity contribution in [3.8, 4) is 0 Å². The summed E-state index contributed by atoms with van der Waals surface area (Å²) in [5, 5.41) is 5.63. The molecule has 1 amide bonds. The predicted octanol–water partition coefficient (Wildman–Crippen LogP) is 3.43. The lowest BCUT2D eigenvalue weighted by Crippen LogP contribution is -2.18. The first-order chi connectivity index (χ1) is 13.1. The van der Waals surface area contributed by atoms with Crippen molar-refractivity contribution >= 4 is 17.2 Å². The lowest BCUT2D eigenvalue weighted by molar-refractivity contribution is 0.102. The van der Waals surface area contributed by atoms with Crippen LogP contribution in [0.1, 0.15) is 34.5 Å². The Balaban J connectivity index is 1.74. The summed E-state index contributed by atoms with van der Waals surface area (Å²) in [5.41, 5.74) is 2.74. The van der Waals surface area contributed by atoms with E-state index in [1.807, 2.05) is 55.5 Å². The zero-order valence-electron chi connectivity index (χ0n) is 14.7. The summed E-state index contributed by atoms with van der Waals surface area (Å²) in [7, 11) is 0. The van der Waals surface area contributed by atoms with Crippen molar-refractivity contribution < 1.29 is 4.79 Å². The van der Waals surface area contributed by atoms with Crippen molar-refractivity contribution in [3.63, 3.8) is 0 Å². The number of para-hydroxylation sites is 1. The molecule has 2 aromatic carbocycles. The van der Waals surface area contributed by atoms with E-state index in [0.717, 1.165) is 5.56 Å². The molecule has 1 atom stereocenters. The molecule has 2 aromatic heterocycles. The first kappa shape index (κ1) is 16.8. The van der Waals surface area contributed by atoms with Crippen molar-refractivity contribution in [2.75, 3.05) is 5.32 Å². The summed E-state index contributed by atoms with van der Waals surface area (Å²) in [6.45, 7) is 1.99. The minimum absolute atomic E-state index is 0.0659. The van der Waals surface area contributed by atoms with Gasteiger partial charge in [-0.3, -0.25) is 14.7 Å². The van der Waals surface area contributed by atoms with Gasteiger partial charge in [0.25, 0.3) is 11.5 Å². The fraction of sp³-hybridized carbons (Fsp3) is 0.0952. The number of carbonyl (C=O) groups is 1. The van der Waals surface area contributed by atoms with Gasteiger partial charge in [-0.1, -0.05) is 55.5 Å². The van der Waals surface area contributed by atoms with Crippen LogP contribution in [-0.2, 0) is 0 Å². The van der Waals surface area contributed by atoms with Crippen molar-refractivity contribution in [2.45, 2.75) is 12.8 Å². The van der Waals surface area contributed by atoms with Crippen molar-refractivity contribution in [1.29, 1.82) is 0 Å². The number of amides is 1. The number of aromatic amines is 1. The summed E-state index contributed by atoms with van der Waals surface area (Å²) < 4.78 is 1.28. The Morgan fingerprint density at radius 3 is 2.44 bits per heavy atom. The van der Waals surface area contributed by atoms with Gasteiger partial charge in [0.15, 0.2) is 5.65 Å². The summed E-state index contributed by atoms with van der Waals surface area (Å²) in [6.07, 6.45) is 1.50. The molecule has 0 aliphatic heterocycles. The maximum atomic E-state index is 12.7. The third-order valence-corrected chi connectivity index (χ3v) is 4.54. The molecule has 0 aliphatic rings. The van der Waals surface area contributed by atoms with Gasteiger partial charge in [-0.15, -0.1) is 0 Å². The van der Waals surface area contributed by atoms with Crippen LogP contribution in [0.4, 0.5) is 5.69 Å². The average molecular weight is 358 g/mol. The van der Waals surface area contributed by atoms with E-state index in [-0.39, 0.29) is 17.4 Å². The van der Waals surface area contributed by atoms with E-state index in [9.17, 15) is 9.59 Å². The van der Waals surface area contributed by atoms with Crippen LogP contribution in [0, 0.1) is 0 Å². The lowest BCUT2D eigenvalue weighted by atomic mass is 9.98. The Bertz CT molecular complexity index is 1150. The molecule has 6 heteroatoms. The quantitative estimate of drug-likeness (QED) is 0.587. The van der Waals surface area contributed by atoms with Gasteiger partial charge in [0.1, 0.15) is 5.56 Å². The highest BCUT2D eigenvalue weighted by Gasteiger charge is 2.18. The normalized spacial score (nSPS) is 12.0. The SMILES string of the molecule is CC(c1ccccc1)c1cc(=O)n2[nH]cc(C(=O)Nc3ccccc3)c2n1. The number of carbonyl (C=O) groups excluding carboxylic acids is 1. The molecule has 0 fully saturated rings. The Morgan fingerprint density at radius 2 is 1.74 bits per heavy atom. The van der Waals surface area contributed by atoms with Gasteiger partial charge in [-0.2, -0.15) is 0 Å². The number of H-pyrrole nitrogens is 1. The van der Waals surface area contributed by atoms with Crippen LogP contribution in [-0.4, -0.2) is 20.5 Å². The molecule has 4 aromatic rings. The van der Waals surface area contributed by atoms with E-state index >= 15 is 0 Å². The number of hydrogen-bond acceptors (Lipinski definition) is 3. The van der Waals surface area contributed by atoms with Crippen LogP contribution in [0.3, 0.4) is 0 Å². The summed E-state index contributed by atoms with van der Waals surface area (Å²) >= 11 is 0. The van der Waals surface area contributed by atoms with E-state index in [1.165, 1.54) is 16.8 Å². The Morgan fingerprint density at radius 1 is 1.07 bits per heavy atom. The number of rotatable bonds is 4. The summed E-state index contributed by atoms with van der Waals surface area (Å²) in [4.78, 5) is 29.8. The van der Waals surface area contributed by atoms with Gasteiger partial charge < -0.3 is 5.32 Å². The fourth-order valence-electron chi connectivity index (χ4n) is 3.02. The second-order valence-corrected chi connectivity index (χ2v) is 6.32. The molecule has 2 heterocycles. The first-order valence-corrected chi connectivity index (χ1v) is 8.66. The molecule has 0 bridgehead atoms. The Kier molecular flexibility index (Phi) is 4.30. The molecule has 4 rings (SSSR count). The molecule has 0 saturated heterocycles. The van der Waals surface area contributed by atoms with Crippen LogP contribution < -0.4 is 10.9 Å². The van der Waals surface area contributed by atoms with E-state index in [4.69, 9.17) is 0 Å². The van der Waals surface area contributed by atoms with Gasteiger partial charge in [0.05, 0.1) is 5.69 Å². The van der Waals surface area contributed by atoms with Crippen LogP contribution >= 0.6 is 0 Å². The number of aromatic nitrogens is 3. The number of nitrogens with zero attached hydrogens (tertiary/aromatic N) is 2. The second kappa shape index (κ2) is 6.92. The molecular weight excluding hydrogens is 340 g/mol. The molecule has 0 radical (unpaired) electrons. The highest BCUT2D eigenvalue weighted by atomic mass is 16.2. The van der Waals surface area contributed by atoms with E-state index in [1.54, 1.807) is 12.1 Å². The maximum absolute atomic E-state index is 12.7. The molecule has 0 spiro atoms. The smallest absolute Gasteiger partial charge is 0.272 e. The predicted molar refractivity (Wildman–Crippen MR) is 104 cm³/mol. The number of nitrogens with one attached hydrogen (secondary N) is 2. The third kappa shape index (κ3) is 3.25. The van der Waals surface area contributed by atoms with Gasteiger partial charge in [0.2, 0.25) is 0 Å². The van der Waals surface area contributed by atoms with Crippen molar-refractivity contribution in [2.24, 2.45) is 0 Å². The van der Waals surface area contributed by atoms with E-state index in [2.05, 4.69) is 15.4 Å². The summed E-state index contributed by atoms with van der Waals surface area (Å²) in [5.74, 6) is -0.389. The van der Waals surface area contributed by atoms with Crippen molar-refractivity contribution in [1.82, 2.24) is 14.6 Å². The molecular formula is C21H18N4O2. The molecule has 2 N–H and O–H groups in total. The van der Waals surface area contributed by atoms with E-state index < -0.39 is 0 Å². The number of benzene rings is 2. The van der Waals surface area contributed by atoms with Gasteiger partial charge in [-0.25, -0.2) is 9.50 Å². The number of anilines is 1. The maximum Gasteiger partial charge on any atom is 0.272 e. The monoisotopic (exact) mass is 358 g/mol. The van der Waals surface area contributed by atoms with Crippen LogP contribution in [0.15, 0.2) is 77.7 Å². The Hall–Kier alpha value is -3.67. The minimum atomic E-state index is -0.323. The van der Waals surface area contributed by atoms with Gasteiger partial charge in [-0.05, 0) is 17.7 Å². The molecule has 0 aliphatic carbocycles. The first-order valence-electron chi connectivity index (χ1n) is 8.66. The lowest BCUT2D eigenvalue weighted by Gasteiger charge is -2.11. The molecule has 134 valence electrons. The molecule has 27 heavy (non-hydrogen) atoms. The molecule has 1 unspecified atom stereocenters. The van der Waals surface area contributed by atoms with Crippen LogP contribution in [0.5, 0.6) is 0 Å². The number of fused-ring (bicyclic) bond motifs is 1. The van der Waals surface area contributed by atoms with Crippen LogP contribution in [0.2, 0.25) is 0 Å². The summed E-state index contributed by atoms with van der Waals surface area (Å²) in [6, 6.07) is 20.5. The van der Waals surface area contributed by atoms with Crippen molar-refractivity contribution in [3.05, 3.63) is 100 Å². The largest absolute Gasteiger partial charge is 0.322 e. The van der Waals surface area contributed by atoms with Crippen LogP contribution in [0.25, 0.3) is 5.65 Å².